The van der Waals surface area contributed by atoms with Crippen LogP contribution in [0.4, 0.5) is 20.3 Å². The van der Waals surface area contributed by atoms with Crippen LogP contribution in [0.15, 0.2) is 41.3 Å². The van der Waals surface area contributed by atoms with Crippen molar-refractivity contribution in [2.45, 2.75) is 13.2 Å². The number of alkyl halides is 2. The number of ether oxygens (including phenoxy) is 1. The fourth-order valence-electron chi connectivity index (χ4n) is 2.32. The van der Waals surface area contributed by atoms with E-state index in [1.807, 2.05) is 0 Å². The smallest absolute Gasteiger partial charge is 0.387 e. The van der Waals surface area contributed by atoms with Gasteiger partial charge < -0.3 is 15.2 Å². The molecule has 0 saturated heterocycles. The molecule has 0 amide bonds. The Morgan fingerprint density at radius 3 is 2.69 bits per heavy atom. The number of aliphatic hydroxyl groups excluding tert-OH is 1. The Kier molecular flexibility index (Phi) is 5.26. The van der Waals surface area contributed by atoms with Gasteiger partial charge in [0, 0.05) is 11.9 Å². The van der Waals surface area contributed by atoms with Crippen molar-refractivity contribution in [2.75, 3.05) is 5.32 Å². The van der Waals surface area contributed by atoms with Gasteiger partial charge in [0.2, 0.25) is 0 Å². The minimum Gasteiger partial charge on any atom is -0.431 e. The molecule has 1 aromatic carbocycles. The van der Waals surface area contributed by atoms with Crippen LogP contribution in [0.5, 0.6) is 5.75 Å². The van der Waals surface area contributed by atoms with Gasteiger partial charge in [-0.15, -0.1) is 0 Å². The molecule has 6 nitrogen and oxygen atoms in total. The van der Waals surface area contributed by atoms with E-state index >= 15 is 0 Å². The fraction of sp³-hybridized carbons (Fsp3) is 0.125. The summed E-state index contributed by atoms with van der Waals surface area (Å²) in [6, 6.07) is 7.23. The number of benzene rings is 1. The van der Waals surface area contributed by atoms with Crippen molar-refractivity contribution in [1.82, 2.24) is 9.38 Å². The van der Waals surface area contributed by atoms with Crippen molar-refractivity contribution < 1.29 is 18.6 Å². The van der Waals surface area contributed by atoms with Gasteiger partial charge in [-0.3, -0.25) is 9.20 Å². The van der Waals surface area contributed by atoms with Crippen molar-refractivity contribution in [3.8, 4) is 5.75 Å². The predicted molar refractivity (Wildman–Crippen MR) is 93.8 cm³/mol. The summed E-state index contributed by atoms with van der Waals surface area (Å²) in [5, 5.41) is 13.0. The van der Waals surface area contributed by atoms with Gasteiger partial charge >= 0.3 is 6.61 Å². The maximum Gasteiger partial charge on any atom is 0.387 e. The van der Waals surface area contributed by atoms with Crippen molar-refractivity contribution in [1.29, 1.82) is 0 Å². The topological polar surface area (TPSA) is 75.9 Å². The lowest BCUT2D eigenvalue weighted by atomic mass is 10.2. The van der Waals surface area contributed by atoms with Crippen LogP contribution in [0.25, 0.3) is 5.65 Å². The predicted octanol–water partition coefficient (Wildman–Crippen LogP) is 3.84. The lowest BCUT2D eigenvalue weighted by Gasteiger charge is -2.14. The molecule has 26 heavy (non-hydrogen) atoms. The van der Waals surface area contributed by atoms with Gasteiger partial charge in [-0.1, -0.05) is 23.2 Å². The molecule has 3 rings (SSSR count). The summed E-state index contributed by atoms with van der Waals surface area (Å²) >= 11 is 11.8. The number of aromatic nitrogens is 2. The highest BCUT2D eigenvalue weighted by molar-refractivity contribution is 6.42. The van der Waals surface area contributed by atoms with E-state index in [9.17, 15) is 18.7 Å². The van der Waals surface area contributed by atoms with Crippen LogP contribution >= 0.6 is 23.2 Å². The minimum absolute atomic E-state index is 0.0128. The molecule has 2 aromatic heterocycles. The normalized spacial score (nSPS) is 11.2. The number of nitrogens with one attached hydrogen (secondary N) is 1. The number of hydrogen-bond acceptors (Lipinski definition) is 5. The second-order valence-corrected chi connectivity index (χ2v) is 5.92. The molecule has 0 spiro atoms. The summed E-state index contributed by atoms with van der Waals surface area (Å²) in [5.41, 5.74) is -0.363. The molecule has 0 aliphatic rings. The number of nitrogens with zero attached hydrogens (tertiary/aromatic N) is 2. The molecule has 0 atom stereocenters. The van der Waals surface area contributed by atoms with Crippen LogP contribution < -0.4 is 15.6 Å². The number of halogens is 4. The zero-order valence-electron chi connectivity index (χ0n) is 12.9. The average Bonchev–Trinajstić information content (AvgIpc) is 2.59. The van der Waals surface area contributed by atoms with Crippen LogP contribution in [0.3, 0.4) is 0 Å². The summed E-state index contributed by atoms with van der Waals surface area (Å²) in [7, 11) is 0. The first-order chi connectivity index (χ1) is 12.4. The number of pyridine rings is 1. The SMILES string of the molecule is O=c1c(CO)c(Nc2ccc(Cl)c(Cl)c2)nc2c(OC(F)F)cccn12. The molecule has 0 aliphatic heterocycles. The van der Waals surface area contributed by atoms with Gasteiger partial charge in [0.25, 0.3) is 5.56 Å². The van der Waals surface area contributed by atoms with E-state index in [1.54, 1.807) is 6.07 Å². The van der Waals surface area contributed by atoms with Crippen LogP contribution in [-0.4, -0.2) is 21.1 Å². The van der Waals surface area contributed by atoms with E-state index in [2.05, 4.69) is 15.0 Å². The Morgan fingerprint density at radius 1 is 1.27 bits per heavy atom. The second-order valence-electron chi connectivity index (χ2n) is 5.10. The van der Waals surface area contributed by atoms with Crippen LogP contribution in [0.2, 0.25) is 10.0 Å². The van der Waals surface area contributed by atoms with E-state index in [-0.39, 0.29) is 27.8 Å². The van der Waals surface area contributed by atoms with Gasteiger partial charge in [0.1, 0.15) is 5.82 Å². The molecule has 2 heterocycles. The first kappa shape index (κ1) is 18.4. The van der Waals surface area contributed by atoms with E-state index in [0.29, 0.717) is 10.7 Å². The number of anilines is 2. The Morgan fingerprint density at radius 2 is 2.04 bits per heavy atom. The quantitative estimate of drug-likeness (QED) is 0.679. The van der Waals surface area contributed by atoms with E-state index in [4.69, 9.17) is 23.2 Å². The highest BCUT2D eigenvalue weighted by Crippen LogP contribution is 2.28. The molecular weight excluding hydrogens is 391 g/mol. The Bertz CT molecular complexity index is 1030. The number of rotatable bonds is 5. The Balaban J connectivity index is 2.17. The molecule has 0 fully saturated rings. The highest BCUT2D eigenvalue weighted by atomic mass is 35.5. The lowest BCUT2D eigenvalue weighted by Crippen LogP contribution is -2.22. The Hall–Kier alpha value is -2.42. The zero-order valence-corrected chi connectivity index (χ0v) is 14.4. The van der Waals surface area contributed by atoms with Gasteiger partial charge in [0.15, 0.2) is 11.4 Å². The first-order valence-corrected chi connectivity index (χ1v) is 7.98. The standard InChI is InChI=1S/C16H11Cl2F2N3O3/c17-10-4-3-8(6-11(10)18)21-13-9(7-24)15(25)23-5-1-2-12(14(23)22-13)26-16(19)20/h1-6,16,21,24H,7H2. The third-order valence-corrected chi connectivity index (χ3v) is 4.21. The lowest BCUT2D eigenvalue weighted by molar-refractivity contribution is -0.0491. The highest BCUT2D eigenvalue weighted by Gasteiger charge is 2.17. The van der Waals surface area contributed by atoms with Crippen LogP contribution in [-0.2, 0) is 6.61 Å². The maximum atomic E-state index is 12.6. The van der Waals surface area contributed by atoms with E-state index in [0.717, 1.165) is 4.40 Å². The summed E-state index contributed by atoms with van der Waals surface area (Å²) in [6.07, 6.45) is 1.34. The van der Waals surface area contributed by atoms with Crippen molar-refractivity contribution >= 4 is 40.4 Å². The zero-order chi connectivity index (χ0) is 18.8. The van der Waals surface area contributed by atoms with Gasteiger partial charge in [-0.05, 0) is 30.3 Å². The number of hydrogen-bond donors (Lipinski definition) is 2. The monoisotopic (exact) mass is 401 g/mol. The minimum atomic E-state index is -3.08. The van der Waals surface area contributed by atoms with Crippen molar-refractivity contribution in [2.24, 2.45) is 0 Å². The largest absolute Gasteiger partial charge is 0.431 e. The molecule has 3 aromatic rings. The van der Waals surface area contributed by atoms with Crippen LogP contribution in [0, 0.1) is 0 Å². The Labute approximate surface area is 155 Å². The fourth-order valence-corrected chi connectivity index (χ4v) is 2.62. The molecule has 0 saturated carbocycles. The molecule has 10 heteroatoms. The second kappa shape index (κ2) is 7.45. The average molecular weight is 402 g/mol. The molecule has 2 N–H and O–H groups in total. The molecule has 0 unspecified atom stereocenters. The third kappa shape index (κ3) is 3.57. The van der Waals surface area contributed by atoms with Crippen molar-refractivity contribution in [3.63, 3.8) is 0 Å². The molecule has 0 radical (unpaired) electrons. The molecular formula is C16H11Cl2F2N3O3. The van der Waals surface area contributed by atoms with Crippen molar-refractivity contribution in [3.05, 3.63) is 62.5 Å². The number of fused-ring (bicyclic) bond motifs is 1. The molecule has 0 aliphatic carbocycles. The molecule has 136 valence electrons. The summed E-state index contributed by atoms with van der Waals surface area (Å²) in [4.78, 5) is 16.7. The van der Waals surface area contributed by atoms with Crippen LogP contribution in [0.1, 0.15) is 5.56 Å². The van der Waals surface area contributed by atoms with Gasteiger partial charge in [-0.2, -0.15) is 8.78 Å². The summed E-state index contributed by atoms with van der Waals surface area (Å²) < 4.78 is 30.6. The first-order valence-electron chi connectivity index (χ1n) is 7.22. The number of aliphatic hydroxyl groups is 1. The van der Waals surface area contributed by atoms with Gasteiger partial charge in [0.05, 0.1) is 22.2 Å². The maximum absolute atomic E-state index is 12.6. The molecule has 0 bridgehead atoms. The summed E-state index contributed by atoms with van der Waals surface area (Å²) in [5.74, 6) is -0.289. The van der Waals surface area contributed by atoms with E-state index < -0.39 is 18.8 Å². The summed E-state index contributed by atoms with van der Waals surface area (Å²) in [6.45, 7) is -3.69. The van der Waals surface area contributed by atoms with Gasteiger partial charge in [-0.25, -0.2) is 4.98 Å². The third-order valence-electron chi connectivity index (χ3n) is 3.47. The van der Waals surface area contributed by atoms with E-state index in [1.165, 1.54) is 30.5 Å².